The number of hydrogen-bond donors (Lipinski definition) is 1. The van der Waals surface area contributed by atoms with Gasteiger partial charge in [-0.1, -0.05) is 28.1 Å². The van der Waals surface area contributed by atoms with E-state index in [9.17, 15) is 0 Å². The van der Waals surface area contributed by atoms with Crippen LogP contribution in [0.15, 0.2) is 34.9 Å². The lowest BCUT2D eigenvalue weighted by Gasteiger charge is -2.19. The molecule has 1 heterocycles. The summed E-state index contributed by atoms with van der Waals surface area (Å²) in [6, 6.07) is 8.33. The lowest BCUT2D eigenvalue weighted by atomic mass is 10.0. The maximum Gasteiger partial charge on any atom is 0.161 e. The molecule has 1 atom stereocenters. The summed E-state index contributed by atoms with van der Waals surface area (Å²) in [4.78, 5) is 0. The first kappa shape index (κ1) is 14.1. The van der Waals surface area contributed by atoms with E-state index in [0.717, 1.165) is 22.5 Å². The van der Waals surface area contributed by atoms with Crippen molar-refractivity contribution in [1.29, 1.82) is 0 Å². The normalized spacial score (nSPS) is 12.4. The van der Waals surface area contributed by atoms with Crippen molar-refractivity contribution in [1.82, 2.24) is 15.1 Å². The number of benzene rings is 1. The van der Waals surface area contributed by atoms with Crippen molar-refractivity contribution >= 4 is 15.9 Å². The zero-order valence-corrected chi connectivity index (χ0v) is 12.9. The summed E-state index contributed by atoms with van der Waals surface area (Å²) in [5.74, 6) is 0.809. The van der Waals surface area contributed by atoms with Crippen molar-refractivity contribution in [3.05, 3.63) is 46.2 Å². The van der Waals surface area contributed by atoms with E-state index in [1.54, 1.807) is 13.3 Å². The maximum atomic E-state index is 5.42. The van der Waals surface area contributed by atoms with Crippen LogP contribution in [0.5, 0.6) is 5.75 Å². The van der Waals surface area contributed by atoms with Crippen molar-refractivity contribution in [2.24, 2.45) is 0 Å². The van der Waals surface area contributed by atoms with Crippen molar-refractivity contribution in [2.75, 3.05) is 14.2 Å². The van der Waals surface area contributed by atoms with Gasteiger partial charge >= 0.3 is 0 Å². The fourth-order valence-electron chi connectivity index (χ4n) is 2.19. The molecule has 19 heavy (non-hydrogen) atoms. The number of halogens is 1. The Labute approximate surface area is 121 Å². The van der Waals surface area contributed by atoms with Crippen LogP contribution in [0.4, 0.5) is 0 Å². The van der Waals surface area contributed by atoms with Crippen molar-refractivity contribution in [3.8, 4) is 5.75 Å². The molecular weight excluding hydrogens is 306 g/mol. The molecule has 4 nitrogen and oxygen atoms in total. The Bertz CT molecular complexity index is 515. The number of nitrogens with zero attached hydrogens (tertiary/aromatic N) is 2. The Balaban J connectivity index is 2.46. The highest BCUT2D eigenvalue weighted by Gasteiger charge is 2.21. The monoisotopic (exact) mass is 323 g/mol. The third-order valence-corrected chi connectivity index (χ3v) is 3.66. The van der Waals surface area contributed by atoms with Gasteiger partial charge in [0.2, 0.25) is 0 Å². The molecule has 0 saturated carbocycles. The predicted molar refractivity (Wildman–Crippen MR) is 79.5 cm³/mol. The maximum absolute atomic E-state index is 5.42. The third kappa shape index (κ3) is 2.82. The topological polar surface area (TPSA) is 39.1 Å². The second-order valence-corrected chi connectivity index (χ2v) is 5.10. The van der Waals surface area contributed by atoms with Gasteiger partial charge in [0.15, 0.2) is 5.75 Å². The molecule has 0 saturated heterocycles. The first-order valence-electron chi connectivity index (χ1n) is 6.23. The van der Waals surface area contributed by atoms with Gasteiger partial charge in [-0.3, -0.25) is 4.68 Å². The molecule has 1 N–H and O–H groups in total. The summed E-state index contributed by atoms with van der Waals surface area (Å²) in [6.07, 6.45) is 1.77. The van der Waals surface area contributed by atoms with Crippen LogP contribution in [0.2, 0.25) is 0 Å². The highest BCUT2D eigenvalue weighted by atomic mass is 79.9. The van der Waals surface area contributed by atoms with Crippen LogP contribution in [-0.4, -0.2) is 23.9 Å². The van der Waals surface area contributed by atoms with Crippen LogP contribution >= 0.6 is 15.9 Å². The van der Waals surface area contributed by atoms with E-state index in [2.05, 4.69) is 45.4 Å². The molecular formula is C14H18BrN3O. The van der Waals surface area contributed by atoms with Gasteiger partial charge in [-0.05, 0) is 31.7 Å². The fraction of sp³-hybridized carbons (Fsp3) is 0.357. The molecule has 0 amide bonds. The van der Waals surface area contributed by atoms with Gasteiger partial charge < -0.3 is 10.1 Å². The summed E-state index contributed by atoms with van der Waals surface area (Å²) in [5.41, 5.74) is 2.23. The Morgan fingerprint density at radius 3 is 2.58 bits per heavy atom. The molecule has 0 fully saturated rings. The van der Waals surface area contributed by atoms with E-state index >= 15 is 0 Å². The van der Waals surface area contributed by atoms with Gasteiger partial charge in [-0.2, -0.15) is 5.10 Å². The first-order valence-corrected chi connectivity index (χ1v) is 7.03. The van der Waals surface area contributed by atoms with Gasteiger partial charge in [0.05, 0.1) is 19.3 Å². The first-order chi connectivity index (χ1) is 9.21. The molecule has 1 aromatic carbocycles. The van der Waals surface area contributed by atoms with E-state index in [1.807, 2.05) is 23.9 Å². The summed E-state index contributed by atoms with van der Waals surface area (Å²) in [5, 5.41) is 7.69. The van der Waals surface area contributed by atoms with E-state index < -0.39 is 0 Å². The Morgan fingerprint density at radius 2 is 2.05 bits per heavy atom. The van der Waals surface area contributed by atoms with Gasteiger partial charge in [-0.15, -0.1) is 0 Å². The molecule has 5 heteroatoms. The second kappa shape index (κ2) is 6.21. The summed E-state index contributed by atoms with van der Waals surface area (Å²) in [7, 11) is 3.62. The SMILES string of the molecule is CCn1ncc(OC)c1C(NC)c1ccc(Br)cc1. The molecule has 0 bridgehead atoms. The van der Waals surface area contributed by atoms with Crippen LogP contribution in [0.25, 0.3) is 0 Å². The van der Waals surface area contributed by atoms with Crippen molar-refractivity contribution in [3.63, 3.8) is 0 Å². The molecule has 0 aliphatic heterocycles. The zero-order chi connectivity index (χ0) is 13.8. The second-order valence-electron chi connectivity index (χ2n) is 4.19. The highest BCUT2D eigenvalue weighted by molar-refractivity contribution is 9.10. The number of aromatic nitrogens is 2. The summed E-state index contributed by atoms with van der Waals surface area (Å²) < 4.78 is 8.45. The number of hydrogen-bond acceptors (Lipinski definition) is 3. The molecule has 1 unspecified atom stereocenters. The van der Waals surface area contributed by atoms with Crippen molar-refractivity contribution in [2.45, 2.75) is 19.5 Å². The molecule has 0 aliphatic carbocycles. The van der Waals surface area contributed by atoms with Crippen molar-refractivity contribution < 1.29 is 4.74 Å². The number of methoxy groups -OCH3 is 1. The molecule has 2 aromatic rings. The Kier molecular flexibility index (Phi) is 4.61. The number of aryl methyl sites for hydroxylation is 1. The van der Waals surface area contributed by atoms with Crippen LogP contribution in [-0.2, 0) is 6.54 Å². The molecule has 0 radical (unpaired) electrons. The smallest absolute Gasteiger partial charge is 0.161 e. The Morgan fingerprint density at radius 1 is 1.37 bits per heavy atom. The van der Waals surface area contributed by atoms with Gasteiger partial charge in [0, 0.05) is 11.0 Å². The number of rotatable bonds is 5. The quantitative estimate of drug-likeness (QED) is 0.919. The lowest BCUT2D eigenvalue weighted by Crippen LogP contribution is -2.22. The number of ether oxygens (including phenoxy) is 1. The van der Waals surface area contributed by atoms with Gasteiger partial charge in [0.1, 0.15) is 5.69 Å². The minimum absolute atomic E-state index is 0.0606. The standard InChI is InChI=1S/C14H18BrN3O/c1-4-18-14(12(19-3)9-17-18)13(16-2)10-5-7-11(15)8-6-10/h5-9,13,16H,4H2,1-3H3. The Hall–Kier alpha value is -1.33. The van der Waals surface area contributed by atoms with Gasteiger partial charge in [-0.25, -0.2) is 0 Å². The highest BCUT2D eigenvalue weighted by Crippen LogP contribution is 2.30. The minimum atomic E-state index is 0.0606. The third-order valence-electron chi connectivity index (χ3n) is 3.13. The molecule has 2 rings (SSSR count). The predicted octanol–water partition coefficient (Wildman–Crippen LogP) is 2.98. The van der Waals surface area contributed by atoms with Crippen LogP contribution in [0.3, 0.4) is 0 Å². The largest absolute Gasteiger partial charge is 0.493 e. The molecule has 0 spiro atoms. The average Bonchev–Trinajstić information content (AvgIpc) is 2.85. The molecule has 1 aromatic heterocycles. The molecule has 102 valence electrons. The zero-order valence-electron chi connectivity index (χ0n) is 11.4. The van der Waals surface area contributed by atoms with E-state index in [0.29, 0.717) is 0 Å². The van der Waals surface area contributed by atoms with E-state index in [1.165, 1.54) is 5.56 Å². The fourth-order valence-corrected chi connectivity index (χ4v) is 2.46. The summed E-state index contributed by atoms with van der Waals surface area (Å²) >= 11 is 3.46. The number of nitrogens with one attached hydrogen (secondary N) is 1. The molecule has 0 aliphatic rings. The minimum Gasteiger partial charge on any atom is -0.493 e. The lowest BCUT2D eigenvalue weighted by molar-refractivity contribution is 0.401. The van der Waals surface area contributed by atoms with Crippen LogP contribution in [0.1, 0.15) is 24.2 Å². The van der Waals surface area contributed by atoms with Gasteiger partial charge in [0.25, 0.3) is 0 Å². The van der Waals surface area contributed by atoms with Crippen LogP contribution in [0, 0.1) is 0 Å². The average molecular weight is 324 g/mol. The van der Waals surface area contributed by atoms with E-state index in [4.69, 9.17) is 4.74 Å². The van der Waals surface area contributed by atoms with E-state index in [-0.39, 0.29) is 6.04 Å². The van der Waals surface area contributed by atoms with Crippen LogP contribution < -0.4 is 10.1 Å². The summed E-state index contributed by atoms with van der Waals surface area (Å²) in [6.45, 7) is 2.89.